The molecule has 0 N–H and O–H groups in total. The van der Waals surface area contributed by atoms with E-state index in [1.165, 1.54) is 5.56 Å². The summed E-state index contributed by atoms with van der Waals surface area (Å²) < 4.78 is 16.5. The predicted molar refractivity (Wildman–Crippen MR) is 119 cm³/mol. The monoisotopic (exact) mass is 395 g/mol. The standard InChI is InChI=1S/C25H33NO3/c1-25(2)17-21(14-16-29-25)24(20-7-11-23(28-4)12-8-20)13-15-26-18-19-5-9-22(27-3)10-6-19/h5-12,18,21,24H,13-17H2,1-4H3/t21-,24+/m0/s1. The van der Waals surface area contributed by atoms with Gasteiger partial charge in [-0.1, -0.05) is 12.1 Å². The second kappa shape index (κ2) is 9.93. The Kier molecular flexibility index (Phi) is 7.32. The van der Waals surface area contributed by atoms with Crippen molar-refractivity contribution in [1.82, 2.24) is 0 Å². The molecule has 29 heavy (non-hydrogen) atoms. The number of aliphatic imine (C=N–C) groups is 1. The van der Waals surface area contributed by atoms with Crippen molar-refractivity contribution in [2.75, 3.05) is 27.4 Å². The van der Waals surface area contributed by atoms with Crippen LogP contribution in [0.2, 0.25) is 0 Å². The van der Waals surface area contributed by atoms with E-state index in [9.17, 15) is 0 Å². The van der Waals surface area contributed by atoms with Crippen molar-refractivity contribution in [1.29, 1.82) is 0 Å². The Morgan fingerprint density at radius 2 is 1.66 bits per heavy atom. The van der Waals surface area contributed by atoms with Gasteiger partial charge in [0.15, 0.2) is 0 Å². The van der Waals surface area contributed by atoms with Crippen LogP contribution in [-0.2, 0) is 4.74 Å². The molecule has 1 saturated heterocycles. The summed E-state index contributed by atoms with van der Waals surface area (Å²) in [5.41, 5.74) is 2.41. The number of benzene rings is 2. The van der Waals surface area contributed by atoms with Crippen molar-refractivity contribution < 1.29 is 14.2 Å². The molecule has 0 spiro atoms. The molecule has 2 aromatic carbocycles. The second-order valence-electron chi connectivity index (χ2n) is 8.34. The molecule has 0 bridgehead atoms. The van der Waals surface area contributed by atoms with E-state index in [1.54, 1.807) is 14.2 Å². The maximum absolute atomic E-state index is 5.96. The third-order valence-electron chi connectivity index (χ3n) is 5.77. The van der Waals surface area contributed by atoms with Crippen molar-refractivity contribution in [3.8, 4) is 11.5 Å². The smallest absolute Gasteiger partial charge is 0.118 e. The zero-order valence-electron chi connectivity index (χ0n) is 18.1. The highest BCUT2D eigenvalue weighted by Gasteiger charge is 2.33. The summed E-state index contributed by atoms with van der Waals surface area (Å²) in [6.45, 7) is 6.04. The topological polar surface area (TPSA) is 40.0 Å². The lowest BCUT2D eigenvalue weighted by molar-refractivity contribution is -0.0771. The van der Waals surface area contributed by atoms with E-state index in [2.05, 4.69) is 38.1 Å². The first-order chi connectivity index (χ1) is 14.0. The average Bonchev–Trinajstić information content (AvgIpc) is 2.73. The van der Waals surface area contributed by atoms with Crippen LogP contribution in [-0.4, -0.2) is 39.2 Å². The van der Waals surface area contributed by atoms with Gasteiger partial charge in [0.1, 0.15) is 11.5 Å². The molecule has 0 aromatic heterocycles. The molecule has 1 fully saturated rings. The minimum absolute atomic E-state index is 0.0556. The molecule has 0 amide bonds. The van der Waals surface area contributed by atoms with Crippen molar-refractivity contribution in [2.45, 2.75) is 44.6 Å². The zero-order valence-corrected chi connectivity index (χ0v) is 18.1. The Bertz CT molecular complexity index is 781. The highest BCUT2D eigenvalue weighted by atomic mass is 16.5. The second-order valence-corrected chi connectivity index (χ2v) is 8.34. The fourth-order valence-electron chi connectivity index (χ4n) is 4.22. The Hall–Kier alpha value is -2.33. The van der Waals surface area contributed by atoms with Crippen LogP contribution in [0.3, 0.4) is 0 Å². The highest BCUT2D eigenvalue weighted by Crippen LogP contribution is 2.40. The number of hydrogen-bond donors (Lipinski definition) is 0. The van der Waals surface area contributed by atoms with Crippen molar-refractivity contribution >= 4 is 6.21 Å². The first kappa shape index (κ1) is 21.4. The van der Waals surface area contributed by atoms with Crippen LogP contribution >= 0.6 is 0 Å². The van der Waals surface area contributed by atoms with E-state index in [0.717, 1.165) is 49.5 Å². The lowest BCUT2D eigenvalue weighted by atomic mass is 9.75. The number of ether oxygens (including phenoxy) is 3. The van der Waals surface area contributed by atoms with E-state index in [4.69, 9.17) is 19.2 Å². The SMILES string of the molecule is COc1ccc(C=NCC[C@H](c2ccc(OC)cc2)[C@H]2CCOC(C)(C)C2)cc1. The van der Waals surface area contributed by atoms with Gasteiger partial charge in [0, 0.05) is 19.4 Å². The minimum Gasteiger partial charge on any atom is -0.497 e. The van der Waals surface area contributed by atoms with Crippen molar-refractivity contribution in [3.63, 3.8) is 0 Å². The van der Waals surface area contributed by atoms with Gasteiger partial charge >= 0.3 is 0 Å². The summed E-state index contributed by atoms with van der Waals surface area (Å²) in [5, 5.41) is 0. The van der Waals surface area contributed by atoms with Crippen LogP contribution in [0.15, 0.2) is 53.5 Å². The molecule has 2 atom stereocenters. The van der Waals surface area contributed by atoms with Gasteiger partial charge in [0.2, 0.25) is 0 Å². The van der Waals surface area contributed by atoms with Gasteiger partial charge in [-0.05, 0) is 92.5 Å². The van der Waals surface area contributed by atoms with Gasteiger partial charge in [0.25, 0.3) is 0 Å². The minimum atomic E-state index is -0.0556. The molecule has 2 aromatic rings. The van der Waals surface area contributed by atoms with Crippen LogP contribution in [0.5, 0.6) is 11.5 Å². The lowest BCUT2D eigenvalue weighted by Crippen LogP contribution is -2.36. The summed E-state index contributed by atoms with van der Waals surface area (Å²) in [6.07, 6.45) is 5.16. The van der Waals surface area contributed by atoms with Crippen LogP contribution in [0, 0.1) is 5.92 Å². The van der Waals surface area contributed by atoms with Crippen LogP contribution in [0.25, 0.3) is 0 Å². The van der Waals surface area contributed by atoms with Crippen molar-refractivity contribution in [2.24, 2.45) is 10.9 Å². The molecule has 3 rings (SSSR count). The molecular weight excluding hydrogens is 362 g/mol. The largest absolute Gasteiger partial charge is 0.497 e. The van der Waals surface area contributed by atoms with E-state index >= 15 is 0 Å². The summed E-state index contributed by atoms with van der Waals surface area (Å²) >= 11 is 0. The van der Waals surface area contributed by atoms with Crippen LogP contribution < -0.4 is 9.47 Å². The fourth-order valence-corrected chi connectivity index (χ4v) is 4.22. The summed E-state index contributed by atoms with van der Waals surface area (Å²) in [7, 11) is 3.39. The van der Waals surface area contributed by atoms with E-state index in [-0.39, 0.29) is 5.60 Å². The summed E-state index contributed by atoms with van der Waals surface area (Å²) in [6, 6.07) is 16.5. The number of nitrogens with zero attached hydrogens (tertiary/aromatic N) is 1. The highest BCUT2D eigenvalue weighted by molar-refractivity contribution is 5.79. The van der Waals surface area contributed by atoms with Crippen molar-refractivity contribution in [3.05, 3.63) is 59.7 Å². The average molecular weight is 396 g/mol. The third kappa shape index (κ3) is 6.07. The molecule has 4 heteroatoms. The van der Waals surface area contributed by atoms with Crippen LogP contribution in [0.1, 0.15) is 50.2 Å². The number of hydrogen-bond acceptors (Lipinski definition) is 4. The van der Waals surface area contributed by atoms with Gasteiger partial charge in [-0.15, -0.1) is 0 Å². The quantitative estimate of drug-likeness (QED) is 0.554. The lowest BCUT2D eigenvalue weighted by Gasteiger charge is -2.39. The Balaban J connectivity index is 1.69. The molecule has 0 radical (unpaired) electrons. The first-order valence-electron chi connectivity index (χ1n) is 10.4. The van der Waals surface area contributed by atoms with Gasteiger partial charge in [-0.25, -0.2) is 0 Å². The molecule has 4 nitrogen and oxygen atoms in total. The molecule has 0 aliphatic carbocycles. The maximum Gasteiger partial charge on any atom is 0.118 e. The predicted octanol–water partition coefficient (Wildman–Crippen LogP) is 5.50. The Morgan fingerprint density at radius 3 is 2.24 bits per heavy atom. The molecule has 156 valence electrons. The number of rotatable bonds is 8. The van der Waals surface area contributed by atoms with Crippen LogP contribution in [0.4, 0.5) is 0 Å². The van der Waals surface area contributed by atoms with Gasteiger partial charge < -0.3 is 14.2 Å². The van der Waals surface area contributed by atoms with E-state index in [1.807, 2.05) is 30.5 Å². The molecular formula is C25H33NO3. The normalized spacial score (nSPS) is 19.8. The van der Waals surface area contributed by atoms with Gasteiger partial charge in [-0.3, -0.25) is 4.99 Å². The third-order valence-corrected chi connectivity index (χ3v) is 5.77. The number of methoxy groups -OCH3 is 2. The fraction of sp³-hybridized carbons (Fsp3) is 0.480. The molecule has 1 aliphatic heterocycles. The van der Waals surface area contributed by atoms with E-state index < -0.39 is 0 Å². The molecule has 1 heterocycles. The maximum atomic E-state index is 5.96. The van der Waals surface area contributed by atoms with Gasteiger partial charge in [0.05, 0.1) is 19.8 Å². The first-order valence-corrected chi connectivity index (χ1v) is 10.4. The zero-order chi connectivity index (χ0) is 20.7. The summed E-state index contributed by atoms with van der Waals surface area (Å²) in [4.78, 5) is 4.71. The summed E-state index contributed by atoms with van der Waals surface area (Å²) in [5.74, 6) is 2.83. The van der Waals surface area contributed by atoms with Gasteiger partial charge in [-0.2, -0.15) is 0 Å². The molecule has 1 aliphatic rings. The Labute approximate surface area is 174 Å². The Morgan fingerprint density at radius 1 is 1.03 bits per heavy atom. The molecule has 0 unspecified atom stereocenters. The van der Waals surface area contributed by atoms with E-state index in [0.29, 0.717) is 11.8 Å². The molecule has 0 saturated carbocycles.